The molecule has 1 heterocycles. The minimum atomic E-state index is -0.223. The molecule has 0 radical (unpaired) electrons. The monoisotopic (exact) mass is 193 g/mol. The zero-order valence-electron chi connectivity index (χ0n) is 8.00. The summed E-state index contributed by atoms with van der Waals surface area (Å²) < 4.78 is 15.2. The third-order valence-corrected chi connectivity index (χ3v) is 2.28. The van der Waals surface area contributed by atoms with Gasteiger partial charge in [-0.05, 0) is 18.7 Å². The van der Waals surface area contributed by atoms with E-state index in [2.05, 4.69) is 5.10 Å². The van der Waals surface area contributed by atoms with Crippen molar-refractivity contribution in [3.05, 3.63) is 29.7 Å². The van der Waals surface area contributed by atoms with Gasteiger partial charge in [0.25, 0.3) is 0 Å². The molecule has 2 aromatic rings. The van der Waals surface area contributed by atoms with Gasteiger partial charge in [0.2, 0.25) is 0 Å². The Balaban J connectivity index is 2.72. The van der Waals surface area contributed by atoms with Crippen molar-refractivity contribution >= 4 is 10.9 Å². The number of fused-ring (bicyclic) bond motifs is 1. The van der Waals surface area contributed by atoms with Crippen molar-refractivity contribution in [3.8, 4) is 0 Å². The summed E-state index contributed by atoms with van der Waals surface area (Å²) >= 11 is 0. The third kappa shape index (κ3) is 1.28. The van der Waals surface area contributed by atoms with E-state index in [0.29, 0.717) is 18.4 Å². The van der Waals surface area contributed by atoms with Gasteiger partial charge in [0.15, 0.2) is 0 Å². The van der Waals surface area contributed by atoms with E-state index in [9.17, 15) is 4.39 Å². The Kier molecular flexibility index (Phi) is 2.21. The van der Waals surface area contributed by atoms with Gasteiger partial charge in [-0.3, -0.25) is 4.68 Å². The molecule has 4 heteroatoms. The fourth-order valence-corrected chi connectivity index (χ4v) is 1.66. The van der Waals surface area contributed by atoms with Crippen LogP contribution in [0.5, 0.6) is 0 Å². The summed E-state index contributed by atoms with van der Waals surface area (Å²) in [6.45, 7) is 0.487. The van der Waals surface area contributed by atoms with Crippen LogP contribution in [-0.2, 0) is 13.5 Å². The molecule has 2 N–H and O–H groups in total. The Morgan fingerprint density at radius 2 is 2.29 bits per heavy atom. The van der Waals surface area contributed by atoms with E-state index in [-0.39, 0.29) is 5.82 Å². The summed E-state index contributed by atoms with van der Waals surface area (Å²) in [5, 5.41) is 4.83. The highest BCUT2D eigenvalue weighted by Crippen LogP contribution is 2.21. The molecule has 0 atom stereocenters. The Bertz CT molecular complexity index is 462. The second-order valence-corrected chi connectivity index (χ2v) is 3.24. The summed E-state index contributed by atoms with van der Waals surface area (Å²) in [6, 6.07) is 4.99. The number of benzene rings is 1. The predicted molar refractivity (Wildman–Crippen MR) is 53.4 cm³/mol. The molecule has 0 aliphatic heterocycles. The number of aryl methyl sites for hydroxylation is 1. The van der Waals surface area contributed by atoms with Gasteiger partial charge in [-0.1, -0.05) is 6.07 Å². The van der Waals surface area contributed by atoms with Crippen molar-refractivity contribution in [1.29, 1.82) is 0 Å². The van der Waals surface area contributed by atoms with E-state index in [1.807, 2.05) is 13.1 Å². The van der Waals surface area contributed by atoms with Crippen LogP contribution < -0.4 is 5.73 Å². The van der Waals surface area contributed by atoms with Crippen molar-refractivity contribution in [2.45, 2.75) is 6.42 Å². The number of aromatic nitrogens is 2. The van der Waals surface area contributed by atoms with Crippen molar-refractivity contribution in [2.75, 3.05) is 6.54 Å². The summed E-state index contributed by atoms with van der Waals surface area (Å²) in [6.07, 6.45) is 0.609. The molecule has 14 heavy (non-hydrogen) atoms. The minimum absolute atomic E-state index is 0.223. The topological polar surface area (TPSA) is 43.8 Å². The van der Waals surface area contributed by atoms with Crippen LogP contribution in [0.3, 0.4) is 0 Å². The molecule has 0 aliphatic carbocycles. The highest BCUT2D eigenvalue weighted by Gasteiger charge is 2.11. The summed E-state index contributed by atoms with van der Waals surface area (Å²) in [7, 11) is 1.81. The molecule has 1 aromatic heterocycles. The van der Waals surface area contributed by atoms with E-state index in [0.717, 1.165) is 11.2 Å². The number of hydrogen-bond acceptors (Lipinski definition) is 2. The first-order valence-corrected chi connectivity index (χ1v) is 4.54. The second kappa shape index (κ2) is 3.38. The normalized spacial score (nSPS) is 11.1. The van der Waals surface area contributed by atoms with Crippen LogP contribution in [-0.4, -0.2) is 16.3 Å². The predicted octanol–water partition coefficient (Wildman–Crippen LogP) is 1.21. The first kappa shape index (κ1) is 9.15. The van der Waals surface area contributed by atoms with Crippen molar-refractivity contribution in [2.24, 2.45) is 12.8 Å². The number of hydrogen-bond donors (Lipinski definition) is 1. The highest BCUT2D eigenvalue weighted by atomic mass is 19.1. The Morgan fingerprint density at radius 3 is 3.00 bits per heavy atom. The van der Waals surface area contributed by atoms with Crippen LogP contribution in [0.4, 0.5) is 4.39 Å². The number of nitrogens with two attached hydrogens (primary N) is 1. The van der Waals surface area contributed by atoms with E-state index < -0.39 is 0 Å². The van der Waals surface area contributed by atoms with Gasteiger partial charge in [0.05, 0.1) is 16.6 Å². The van der Waals surface area contributed by atoms with E-state index in [1.165, 1.54) is 6.07 Å². The van der Waals surface area contributed by atoms with Crippen LogP contribution in [0.1, 0.15) is 5.69 Å². The average Bonchev–Trinajstić information content (AvgIpc) is 2.46. The zero-order valence-corrected chi connectivity index (χ0v) is 8.00. The van der Waals surface area contributed by atoms with Gasteiger partial charge in [-0.25, -0.2) is 4.39 Å². The van der Waals surface area contributed by atoms with Crippen LogP contribution >= 0.6 is 0 Å². The molecule has 0 aliphatic rings. The average molecular weight is 193 g/mol. The summed E-state index contributed by atoms with van der Waals surface area (Å²) in [5.41, 5.74) is 6.99. The van der Waals surface area contributed by atoms with Crippen molar-refractivity contribution < 1.29 is 4.39 Å². The van der Waals surface area contributed by atoms with Gasteiger partial charge in [-0.15, -0.1) is 0 Å². The Labute approximate surface area is 81.3 Å². The quantitative estimate of drug-likeness (QED) is 0.779. The fraction of sp³-hybridized carbons (Fsp3) is 0.300. The molecule has 0 spiro atoms. The largest absolute Gasteiger partial charge is 0.330 e. The van der Waals surface area contributed by atoms with Gasteiger partial charge < -0.3 is 5.73 Å². The van der Waals surface area contributed by atoms with E-state index in [4.69, 9.17) is 5.73 Å². The van der Waals surface area contributed by atoms with Gasteiger partial charge in [0, 0.05) is 13.5 Å². The lowest BCUT2D eigenvalue weighted by Gasteiger charge is -1.95. The van der Waals surface area contributed by atoms with Crippen LogP contribution in [0.2, 0.25) is 0 Å². The lowest BCUT2D eigenvalue weighted by Crippen LogP contribution is -2.04. The number of rotatable bonds is 2. The van der Waals surface area contributed by atoms with E-state index >= 15 is 0 Å². The number of halogens is 1. The first-order valence-electron chi connectivity index (χ1n) is 4.54. The second-order valence-electron chi connectivity index (χ2n) is 3.24. The lowest BCUT2D eigenvalue weighted by molar-refractivity contribution is 0.638. The highest BCUT2D eigenvalue weighted by molar-refractivity contribution is 5.82. The van der Waals surface area contributed by atoms with Crippen LogP contribution in [0, 0.1) is 5.82 Å². The molecule has 1 aromatic carbocycles. The van der Waals surface area contributed by atoms with Gasteiger partial charge >= 0.3 is 0 Å². The lowest BCUT2D eigenvalue weighted by atomic mass is 10.1. The molecular weight excluding hydrogens is 181 g/mol. The van der Waals surface area contributed by atoms with Crippen molar-refractivity contribution in [3.63, 3.8) is 0 Å². The molecule has 0 bridgehead atoms. The minimum Gasteiger partial charge on any atom is -0.330 e. The maximum absolute atomic E-state index is 13.5. The SMILES string of the molecule is Cn1nc(CCN)c2c(F)cccc21. The van der Waals surface area contributed by atoms with Gasteiger partial charge in [-0.2, -0.15) is 5.10 Å². The molecule has 2 rings (SSSR count). The molecule has 3 nitrogen and oxygen atoms in total. The van der Waals surface area contributed by atoms with Crippen LogP contribution in [0.15, 0.2) is 18.2 Å². The molecule has 0 amide bonds. The Hall–Kier alpha value is -1.42. The molecule has 0 saturated carbocycles. The smallest absolute Gasteiger partial charge is 0.134 e. The van der Waals surface area contributed by atoms with Crippen LogP contribution in [0.25, 0.3) is 10.9 Å². The fourth-order valence-electron chi connectivity index (χ4n) is 1.66. The van der Waals surface area contributed by atoms with Gasteiger partial charge in [0.1, 0.15) is 5.82 Å². The molecular formula is C10H12FN3. The molecule has 0 saturated heterocycles. The Morgan fingerprint density at radius 1 is 1.50 bits per heavy atom. The standard InChI is InChI=1S/C10H12FN3/c1-14-9-4-2-3-7(11)10(9)8(13-14)5-6-12/h2-4H,5-6,12H2,1H3. The summed E-state index contributed by atoms with van der Waals surface area (Å²) in [5.74, 6) is -0.223. The maximum atomic E-state index is 13.5. The maximum Gasteiger partial charge on any atom is 0.134 e. The molecule has 0 unspecified atom stereocenters. The third-order valence-electron chi connectivity index (χ3n) is 2.28. The summed E-state index contributed by atoms with van der Waals surface area (Å²) in [4.78, 5) is 0. The molecule has 74 valence electrons. The zero-order chi connectivity index (χ0) is 10.1. The van der Waals surface area contributed by atoms with E-state index in [1.54, 1.807) is 10.7 Å². The molecule has 0 fully saturated rings. The first-order chi connectivity index (χ1) is 6.74. The van der Waals surface area contributed by atoms with Crippen molar-refractivity contribution in [1.82, 2.24) is 9.78 Å². The number of nitrogens with zero attached hydrogens (tertiary/aromatic N) is 2.